The topological polar surface area (TPSA) is 12.9 Å². The summed E-state index contributed by atoms with van der Waals surface area (Å²) in [5, 5.41) is 0. The summed E-state index contributed by atoms with van der Waals surface area (Å²) in [6, 6.07) is 1.98. The van der Waals surface area contributed by atoms with Crippen molar-refractivity contribution in [1.82, 2.24) is 4.98 Å². The van der Waals surface area contributed by atoms with E-state index in [0.29, 0.717) is 0 Å². The summed E-state index contributed by atoms with van der Waals surface area (Å²) < 4.78 is 0. The van der Waals surface area contributed by atoms with Crippen LogP contribution in [0.2, 0.25) is 0 Å². The van der Waals surface area contributed by atoms with Gasteiger partial charge in [0.1, 0.15) is 0 Å². The van der Waals surface area contributed by atoms with Crippen molar-refractivity contribution in [3.8, 4) is 24.2 Å². The molecule has 1 aromatic heterocycles. The van der Waals surface area contributed by atoms with Crippen molar-refractivity contribution in [3.63, 3.8) is 0 Å². The number of hydrogen-bond acceptors (Lipinski definition) is 1. The number of pyridine rings is 1. The van der Waals surface area contributed by atoms with Crippen LogP contribution in [0, 0.1) is 31.1 Å². The zero-order chi connectivity index (χ0) is 11.3. The molecule has 0 aliphatic carbocycles. The van der Waals surface area contributed by atoms with Crippen molar-refractivity contribution >= 4 is 5.57 Å². The molecule has 0 N–H and O–H groups in total. The van der Waals surface area contributed by atoms with E-state index in [1.807, 2.05) is 32.9 Å². The Balaban J connectivity index is 3.29. The van der Waals surface area contributed by atoms with Crippen LogP contribution in [0.25, 0.3) is 5.57 Å². The molecule has 74 valence electrons. The molecule has 15 heavy (non-hydrogen) atoms. The van der Waals surface area contributed by atoms with Gasteiger partial charge in [-0.3, -0.25) is 4.98 Å². The van der Waals surface area contributed by atoms with Gasteiger partial charge in [0.25, 0.3) is 0 Å². The van der Waals surface area contributed by atoms with Gasteiger partial charge in [0.15, 0.2) is 0 Å². The van der Waals surface area contributed by atoms with E-state index >= 15 is 0 Å². The number of aryl methyl sites for hydroxylation is 1. The number of nitrogens with zero attached hydrogens (tertiary/aromatic N) is 1. The first kappa shape index (κ1) is 11.1. The zero-order valence-corrected chi connectivity index (χ0v) is 9.26. The lowest BCUT2D eigenvalue weighted by Gasteiger charge is -2.02. The fourth-order valence-corrected chi connectivity index (χ4v) is 1.27. The molecule has 1 heterocycles. The number of allylic oxidation sites excluding steroid dienone is 2. The van der Waals surface area contributed by atoms with E-state index < -0.39 is 0 Å². The first-order valence-corrected chi connectivity index (χ1v) is 4.75. The molecule has 0 radical (unpaired) electrons. The third-order valence-corrected chi connectivity index (χ3v) is 2.10. The lowest BCUT2D eigenvalue weighted by atomic mass is 10.1. The molecular weight excluding hydrogens is 182 g/mol. The van der Waals surface area contributed by atoms with Gasteiger partial charge < -0.3 is 0 Å². The highest BCUT2D eigenvalue weighted by atomic mass is 14.7. The van der Waals surface area contributed by atoms with Gasteiger partial charge in [0, 0.05) is 22.9 Å². The van der Waals surface area contributed by atoms with Gasteiger partial charge in [-0.1, -0.05) is 17.9 Å². The van der Waals surface area contributed by atoms with Crippen molar-refractivity contribution < 1.29 is 0 Å². The van der Waals surface area contributed by atoms with Crippen molar-refractivity contribution in [2.75, 3.05) is 0 Å². The smallest absolute Gasteiger partial charge is 0.0529 e. The fourth-order valence-electron chi connectivity index (χ4n) is 1.27. The monoisotopic (exact) mass is 195 g/mol. The zero-order valence-electron chi connectivity index (χ0n) is 9.26. The number of rotatable bonds is 1. The van der Waals surface area contributed by atoms with Crippen LogP contribution in [-0.4, -0.2) is 4.98 Å². The Morgan fingerprint density at radius 3 is 2.80 bits per heavy atom. The Bertz CT molecular complexity index is 490. The van der Waals surface area contributed by atoms with Gasteiger partial charge in [-0.15, -0.1) is 12.3 Å². The van der Waals surface area contributed by atoms with Crippen molar-refractivity contribution in [2.24, 2.45) is 0 Å². The molecule has 0 fully saturated rings. The molecule has 0 atom stereocenters. The van der Waals surface area contributed by atoms with Gasteiger partial charge in [-0.05, 0) is 26.8 Å². The first-order valence-electron chi connectivity index (χ1n) is 4.75. The van der Waals surface area contributed by atoms with Crippen LogP contribution < -0.4 is 0 Å². The summed E-state index contributed by atoms with van der Waals surface area (Å²) in [5.41, 5.74) is 3.66. The molecule has 0 aliphatic heterocycles. The third-order valence-electron chi connectivity index (χ3n) is 2.10. The largest absolute Gasteiger partial charge is 0.260 e. The van der Waals surface area contributed by atoms with E-state index in [1.165, 1.54) is 0 Å². The molecular formula is C14H13N. The molecule has 0 bridgehead atoms. The molecule has 0 aliphatic rings. The Hall–Kier alpha value is -1.99. The van der Waals surface area contributed by atoms with Crippen LogP contribution in [0.4, 0.5) is 0 Å². The lowest BCUT2D eigenvalue weighted by Crippen LogP contribution is -1.91. The molecule has 0 saturated heterocycles. The molecule has 0 spiro atoms. The van der Waals surface area contributed by atoms with E-state index in [1.54, 1.807) is 6.20 Å². The van der Waals surface area contributed by atoms with E-state index in [2.05, 4.69) is 22.7 Å². The minimum absolute atomic E-state index is 0.849. The predicted octanol–water partition coefficient (Wildman–Crippen LogP) is 2.80. The summed E-state index contributed by atoms with van der Waals surface area (Å²) in [7, 11) is 0. The minimum atomic E-state index is 0.849. The average molecular weight is 195 g/mol. The molecule has 1 rings (SSSR count). The number of hydrogen-bond donors (Lipinski definition) is 0. The number of terminal acetylenes is 1. The third kappa shape index (κ3) is 2.48. The highest BCUT2D eigenvalue weighted by Gasteiger charge is 2.01. The van der Waals surface area contributed by atoms with Gasteiger partial charge in [0.05, 0.1) is 5.69 Å². The predicted molar refractivity (Wildman–Crippen MR) is 64.0 cm³/mol. The van der Waals surface area contributed by atoms with Gasteiger partial charge in [-0.25, -0.2) is 0 Å². The first-order chi connectivity index (χ1) is 7.22. The van der Waals surface area contributed by atoms with Crippen LogP contribution in [0.5, 0.6) is 0 Å². The maximum Gasteiger partial charge on any atom is 0.0529 e. The van der Waals surface area contributed by atoms with Crippen LogP contribution >= 0.6 is 0 Å². The second-order valence-corrected chi connectivity index (χ2v) is 3.08. The SMILES string of the molecule is C#C/C(=C\C)c1cnc(C)c(C#CC)c1. The normalized spacial score (nSPS) is 10.1. The standard InChI is InChI=1S/C14H13N/c1-5-8-13-9-14(10-15-11(13)4)12(6-2)7-3/h2,7,9-10H,1,3-4H3/b12-7+. The van der Waals surface area contributed by atoms with E-state index in [4.69, 9.17) is 6.42 Å². The van der Waals surface area contributed by atoms with Crippen LogP contribution in [-0.2, 0) is 0 Å². The Labute approximate surface area is 91.2 Å². The van der Waals surface area contributed by atoms with E-state index in [9.17, 15) is 0 Å². The molecule has 1 heteroatoms. The summed E-state index contributed by atoms with van der Waals surface area (Å²) in [6.07, 6.45) is 9.08. The summed E-state index contributed by atoms with van der Waals surface area (Å²) in [5.74, 6) is 8.51. The van der Waals surface area contributed by atoms with Crippen molar-refractivity contribution in [1.29, 1.82) is 0 Å². The molecule has 0 aromatic carbocycles. The van der Waals surface area contributed by atoms with Gasteiger partial charge in [-0.2, -0.15) is 0 Å². The maximum absolute atomic E-state index is 5.40. The molecule has 1 nitrogen and oxygen atoms in total. The second kappa shape index (κ2) is 5.03. The highest BCUT2D eigenvalue weighted by molar-refractivity contribution is 5.78. The van der Waals surface area contributed by atoms with Crippen molar-refractivity contribution in [3.05, 3.63) is 35.2 Å². The summed E-state index contributed by atoms with van der Waals surface area (Å²) >= 11 is 0. The highest BCUT2D eigenvalue weighted by Crippen LogP contribution is 2.15. The van der Waals surface area contributed by atoms with Crippen LogP contribution in [0.1, 0.15) is 30.7 Å². The summed E-state index contributed by atoms with van der Waals surface area (Å²) in [4.78, 5) is 4.28. The van der Waals surface area contributed by atoms with E-state index in [-0.39, 0.29) is 0 Å². The average Bonchev–Trinajstić information content (AvgIpc) is 2.25. The Kier molecular flexibility index (Phi) is 3.72. The Morgan fingerprint density at radius 1 is 1.53 bits per heavy atom. The van der Waals surface area contributed by atoms with Gasteiger partial charge in [0.2, 0.25) is 0 Å². The second-order valence-electron chi connectivity index (χ2n) is 3.08. The van der Waals surface area contributed by atoms with Crippen LogP contribution in [0.3, 0.4) is 0 Å². The fraction of sp³-hybridized carbons (Fsp3) is 0.214. The lowest BCUT2D eigenvalue weighted by molar-refractivity contribution is 1.18. The summed E-state index contributed by atoms with van der Waals surface area (Å²) in [6.45, 7) is 5.67. The van der Waals surface area contributed by atoms with E-state index in [0.717, 1.165) is 22.4 Å². The van der Waals surface area contributed by atoms with Crippen molar-refractivity contribution in [2.45, 2.75) is 20.8 Å². The molecule has 0 saturated carbocycles. The molecule has 0 amide bonds. The Morgan fingerprint density at radius 2 is 2.27 bits per heavy atom. The maximum atomic E-state index is 5.40. The van der Waals surface area contributed by atoms with Gasteiger partial charge >= 0.3 is 0 Å². The minimum Gasteiger partial charge on any atom is -0.260 e. The van der Waals surface area contributed by atoms with Crippen LogP contribution in [0.15, 0.2) is 18.3 Å². The molecule has 0 unspecified atom stereocenters. The number of aromatic nitrogens is 1. The quantitative estimate of drug-likeness (QED) is 0.628. The molecule has 1 aromatic rings.